The number of hydrogen-bond donors (Lipinski definition) is 1. The largest absolute Gasteiger partial charge is 0.497 e. The van der Waals surface area contributed by atoms with Crippen molar-refractivity contribution in [2.24, 2.45) is 5.73 Å². The highest BCUT2D eigenvalue weighted by Gasteiger charge is 2.15. The number of ether oxygens (including phenoxy) is 1. The van der Waals surface area contributed by atoms with Crippen LogP contribution in [0, 0.1) is 0 Å². The standard InChI is InChI=1S/C17H22N6OS.2ClH/c1-12(2)22-11-19-9-14(22)10-25-17-21-20-16(8-18)23(17)13-4-6-15(24-3)7-5-13;;/h4-7,9,11-12H,8,10,18H2,1-3H3;2*1H. The van der Waals surface area contributed by atoms with Crippen LogP contribution in [0.25, 0.3) is 5.69 Å². The number of halogens is 2. The number of methoxy groups -OCH3 is 1. The van der Waals surface area contributed by atoms with E-state index >= 15 is 0 Å². The molecule has 0 saturated carbocycles. The van der Waals surface area contributed by atoms with Crippen LogP contribution in [0.2, 0.25) is 0 Å². The summed E-state index contributed by atoms with van der Waals surface area (Å²) in [5, 5.41) is 9.35. The van der Waals surface area contributed by atoms with Gasteiger partial charge in [0, 0.05) is 29.4 Å². The van der Waals surface area contributed by atoms with Crippen molar-refractivity contribution in [1.29, 1.82) is 0 Å². The molecule has 7 nitrogen and oxygen atoms in total. The predicted octanol–water partition coefficient (Wildman–Crippen LogP) is 3.65. The lowest BCUT2D eigenvalue weighted by Crippen LogP contribution is -2.08. The van der Waals surface area contributed by atoms with Crippen LogP contribution in [0.3, 0.4) is 0 Å². The van der Waals surface area contributed by atoms with Crippen LogP contribution >= 0.6 is 36.6 Å². The molecule has 0 unspecified atom stereocenters. The first-order chi connectivity index (χ1) is 12.1. The zero-order valence-electron chi connectivity index (χ0n) is 15.4. The summed E-state index contributed by atoms with van der Waals surface area (Å²) >= 11 is 1.62. The van der Waals surface area contributed by atoms with Crippen LogP contribution in [0.4, 0.5) is 0 Å². The van der Waals surface area contributed by atoms with Crippen molar-refractivity contribution >= 4 is 36.6 Å². The number of rotatable bonds is 7. The van der Waals surface area contributed by atoms with E-state index in [-0.39, 0.29) is 24.8 Å². The second-order valence-electron chi connectivity index (χ2n) is 5.81. The fourth-order valence-corrected chi connectivity index (χ4v) is 3.50. The molecule has 0 fully saturated rings. The summed E-state index contributed by atoms with van der Waals surface area (Å²) in [4.78, 5) is 4.25. The van der Waals surface area contributed by atoms with Crippen LogP contribution < -0.4 is 10.5 Å². The SMILES string of the molecule is COc1ccc(-n2c(CN)nnc2SCc2cncn2C(C)C)cc1.Cl.Cl. The van der Waals surface area contributed by atoms with Crippen LogP contribution in [0.5, 0.6) is 5.75 Å². The molecular formula is C17H24Cl2N6OS. The van der Waals surface area contributed by atoms with Gasteiger partial charge >= 0.3 is 0 Å². The number of nitrogens with zero attached hydrogens (tertiary/aromatic N) is 5. The van der Waals surface area contributed by atoms with Gasteiger partial charge in [-0.3, -0.25) is 4.57 Å². The third kappa shape index (κ3) is 5.16. The molecule has 10 heteroatoms. The van der Waals surface area contributed by atoms with E-state index in [0.717, 1.165) is 33.9 Å². The average molecular weight is 431 g/mol. The normalized spacial score (nSPS) is 10.4. The van der Waals surface area contributed by atoms with E-state index in [0.29, 0.717) is 12.6 Å². The van der Waals surface area contributed by atoms with E-state index in [1.54, 1.807) is 18.9 Å². The van der Waals surface area contributed by atoms with Crippen molar-refractivity contribution in [2.75, 3.05) is 7.11 Å². The first-order valence-corrected chi connectivity index (χ1v) is 9.05. The van der Waals surface area contributed by atoms with E-state index in [4.69, 9.17) is 10.5 Å². The zero-order valence-corrected chi connectivity index (χ0v) is 17.9. The Kier molecular flexibility index (Phi) is 9.11. The Balaban J connectivity index is 0.00000182. The van der Waals surface area contributed by atoms with Gasteiger partial charge < -0.3 is 15.0 Å². The molecule has 0 saturated heterocycles. The maximum atomic E-state index is 5.84. The average Bonchev–Trinajstić information content (AvgIpc) is 3.26. The van der Waals surface area contributed by atoms with Gasteiger partial charge in [0.05, 0.1) is 20.0 Å². The summed E-state index contributed by atoms with van der Waals surface area (Å²) in [6, 6.07) is 8.15. The molecule has 0 amide bonds. The summed E-state index contributed by atoms with van der Waals surface area (Å²) in [5.41, 5.74) is 7.96. The Labute approximate surface area is 175 Å². The number of nitrogens with two attached hydrogens (primary N) is 1. The summed E-state index contributed by atoms with van der Waals surface area (Å²) in [7, 11) is 1.65. The van der Waals surface area contributed by atoms with Crippen molar-refractivity contribution in [3.63, 3.8) is 0 Å². The van der Waals surface area contributed by atoms with Gasteiger partial charge in [-0.2, -0.15) is 0 Å². The van der Waals surface area contributed by atoms with Crippen LogP contribution in [0.1, 0.15) is 31.4 Å². The van der Waals surface area contributed by atoms with Crippen LogP contribution in [-0.2, 0) is 12.3 Å². The molecular weight excluding hydrogens is 407 g/mol. The quantitative estimate of drug-likeness (QED) is 0.575. The molecule has 2 heterocycles. The van der Waals surface area contributed by atoms with Gasteiger partial charge in [0.25, 0.3) is 0 Å². The smallest absolute Gasteiger partial charge is 0.196 e. The maximum absolute atomic E-state index is 5.84. The van der Waals surface area contributed by atoms with Crippen molar-refractivity contribution in [1.82, 2.24) is 24.3 Å². The Bertz CT molecular complexity index is 834. The molecule has 0 aliphatic rings. The Morgan fingerprint density at radius 1 is 1.15 bits per heavy atom. The minimum atomic E-state index is 0. The first-order valence-electron chi connectivity index (χ1n) is 8.06. The lowest BCUT2D eigenvalue weighted by Gasteiger charge is -2.12. The van der Waals surface area contributed by atoms with Crippen LogP contribution in [0.15, 0.2) is 41.9 Å². The lowest BCUT2D eigenvalue weighted by atomic mass is 10.3. The van der Waals surface area contributed by atoms with Gasteiger partial charge in [0.15, 0.2) is 11.0 Å². The Morgan fingerprint density at radius 3 is 2.44 bits per heavy atom. The Hall–Kier alpha value is -1.74. The summed E-state index contributed by atoms with van der Waals surface area (Å²) < 4.78 is 9.37. The number of thioether (sulfide) groups is 1. The van der Waals surface area contributed by atoms with E-state index in [9.17, 15) is 0 Å². The minimum absolute atomic E-state index is 0. The molecule has 0 aliphatic carbocycles. The number of hydrogen-bond acceptors (Lipinski definition) is 6. The number of aromatic nitrogens is 5. The fraction of sp³-hybridized carbons (Fsp3) is 0.353. The molecule has 148 valence electrons. The molecule has 0 aliphatic heterocycles. The van der Waals surface area contributed by atoms with Gasteiger partial charge in [0.2, 0.25) is 0 Å². The van der Waals surface area contributed by atoms with E-state index in [2.05, 4.69) is 33.6 Å². The molecule has 3 rings (SSSR count). The number of benzene rings is 1. The molecule has 3 aromatic rings. The molecule has 2 aromatic heterocycles. The predicted molar refractivity (Wildman–Crippen MR) is 112 cm³/mol. The van der Waals surface area contributed by atoms with Crippen molar-refractivity contribution < 1.29 is 4.74 Å². The lowest BCUT2D eigenvalue weighted by molar-refractivity contribution is 0.414. The third-order valence-electron chi connectivity index (χ3n) is 3.87. The molecule has 2 N–H and O–H groups in total. The third-order valence-corrected chi connectivity index (χ3v) is 4.83. The highest BCUT2D eigenvalue weighted by atomic mass is 35.5. The second-order valence-corrected chi connectivity index (χ2v) is 6.75. The molecule has 0 atom stereocenters. The Morgan fingerprint density at radius 2 is 1.85 bits per heavy atom. The maximum Gasteiger partial charge on any atom is 0.196 e. The van der Waals surface area contributed by atoms with E-state index in [1.165, 1.54) is 0 Å². The second kappa shape index (κ2) is 10.6. The summed E-state index contributed by atoms with van der Waals surface area (Å²) in [6.45, 7) is 4.61. The summed E-state index contributed by atoms with van der Waals surface area (Å²) in [6.07, 6.45) is 3.75. The van der Waals surface area contributed by atoms with Crippen molar-refractivity contribution in [2.45, 2.75) is 37.3 Å². The fourth-order valence-electron chi connectivity index (χ4n) is 2.56. The van der Waals surface area contributed by atoms with E-state index < -0.39 is 0 Å². The van der Waals surface area contributed by atoms with Gasteiger partial charge in [0.1, 0.15) is 5.75 Å². The molecule has 0 bridgehead atoms. The topological polar surface area (TPSA) is 83.8 Å². The van der Waals surface area contributed by atoms with E-state index in [1.807, 2.05) is 41.4 Å². The molecule has 0 radical (unpaired) electrons. The molecule has 0 spiro atoms. The highest BCUT2D eigenvalue weighted by molar-refractivity contribution is 7.98. The minimum Gasteiger partial charge on any atom is -0.497 e. The van der Waals surface area contributed by atoms with Crippen molar-refractivity contribution in [3.05, 3.63) is 48.3 Å². The zero-order chi connectivity index (χ0) is 17.8. The molecule has 27 heavy (non-hydrogen) atoms. The monoisotopic (exact) mass is 430 g/mol. The summed E-state index contributed by atoms with van der Waals surface area (Å²) in [5.74, 6) is 2.29. The highest BCUT2D eigenvalue weighted by Crippen LogP contribution is 2.27. The van der Waals surface area contributed by atoms with Gasteiger partial charge in [-0.05, 0) is 38.1 Å². The van der Waals surface area contributed by atoms with Crippen molar-refractivity contribution in [3.8, 4) is 11.4 Å². The van der Waals surface area contributed by atoms with Gasteiger partial charge in [-0.1, -0.05) is 11.8 Å². The van der Waals surface area contributed by atoms with Gasteiger partial charge in [-0.15, -0.1) is 35.0 Å². The first kappa shape index (κ1) is 23.3. The number of imidazole rings is 1. The van der Waals surface area contributed by atoms with Crippen LogP contribution in [-0.4, -0.2) is 31.4 Å². The van der Waals surface area contributed by atoms with Gasteiger partial charge in [-0.25, -0.2) is 4.98 Å². The molecule has 1 aromatic carbocycles.